The number of para-hydroxylation sites is 1. The van der Waals surface area contributed by atoms with Crippen molar-refractivity contribution < 1.29 is 9.13 Å². The molecule has 4 heteroatoms. The van der Waals surface area contributed by atoms with Crippen molar-refractivity contribution in [1.82, 2.24) is 4.98 Å². The van der Waals surface area contributed by atoms with Crippen LogP contribution in [0.1, 0.15) is 24.3 Å². The van der Waals surface area contributed by atoms with E-state index in [-0.39, 0.29) is 5.82 Å². The van der Waals surface area contributed by atoms with E-state index in [9.17, 15) is 4.39 Å². The largest absolute Gasteiger partial charge is 0.497 e. The molecule has 0 N–H and O–H groups in total. The third-order valence-electron chi connectivity index (χ3n) is 6.24. The summed E-state index contributed by atoms with van der Waals surface area (Å²) >= 11 is 0. The second-order valence-electron chi connectivity index (χ2n) is 8.09. The van der Waals surface area contributed by atoms with Crippen molar-refractivity contribution in [2.45, 2.75) is 18.8 Å². The molecule has 5 rings (SSSR count). The zero-order valence-corrected chi connectivity index (χ0v) is 17.6. The van der Waals surface area contributed by atoms with E-state index in [2.05, 4.69) is 35.2 Å². The Morgan fingerprint density at radius 1 is 0.903 bits per heavy atom. The summed E-state index contributed by atoms with van der Waals surface area (Å²) in [6.07, 6.45) is 2.15. The molecule has 0 aliphatic carbocycles. The van der Waals surface area contributed by atoms with E-state index in [4.69, 9.17) is 9.72 Å². The summed E-state index contributed by atoms with van der Waals surface area (Å²) in [6.45, 7) is 1.88. The van der Waals surface area contributed by atoms with Gasteiger partial charge in [-0.1, -0.05) is 42.5 Å². The SMILES string of the molecule is COc1ccc(C2CCN(c3nc4ccccc4cc3-c3ccc(F)cc3)CC2)cc1. The maximum absolute atomic E-state index is 13.5. The molecule has 0 radical (unpaired) electrons. The van der Waals surface area contributed by atoms with Crippen LogP contribution in [-0.4, -0.2) is 25.2 Å². The predicted octanol–water partition coefficient (Wildman–Crippen LogP) is 6.43. The van der Waals surface area contributed by atoms with Gasteiger partial charge in [0.25, 0.3) is 0 Å². The van der Waals surface area contributed by atoms with Crippen molar-refractivity contribution in [3.8, 4) is 16.9 Å². The summed E-state index contributed by atoms with van der Waals surface area (Å²) in [5.41, 5.74) is 4.40. The van der Waals surface area contributed by atoms with Crippen molar-refractivity contribution in [1.29, 1.82) is 0 Å². The minimum Gasteiger partial charge on any atom is -0.497 e. The van der Waals surface area contributed by atoms with Crippen LogP contribution in [-0.2, 0) is 0 Å². The molecular weight excluding hydrogens is 387 g/mol. The number of piperidine rings is 1. The first-order chi connectivity index (χ1) is 15.2. The Hall–Kier alpha value is -3.40. The number of ether oxygens (including phenoxy) is 1. The first-order valence-corrected chi connectivity index (χ1v) is 10.8. The number of rotatable bonds is 4. The average molecular weight is 413 g/mol. The lowest BCUT2D eigenvalue weighted by atomic mass is 9.89. The van der Waals surface area contributed by atoms with E-state index in [1.54, 1.807) is 7.11 Å². The minimum atomic E-state index is -0.223. The normalized spacial score (nSPS) is 14.7. The van der Waals surface area contributed by atoms with Crippen molar-refractivity contribution in [3.05, 3.63) is 90.2 Å². The molecule has 156 valence electrons. The molecule has 1 aromatic heterocycles. The number of halogens is 1. The zero-order valence-electron chi connectivity index (χ0n) is 17.6. The highest BCUT2D eigenvalue weighted by atomic mass is 19.1. The Labute approximate surface area is 182 Å². The first kappa shape index (κ1) is 19.6. The summed E-state index contributed by atoms with van der Waals surface area (Å²) in [6, 6.07) is 25.5. The fourth-order valence-electron chi connectivity index (χ4n) is 4.49. The van der Waals surface area contributed by atoms with E-state index in [0.717, 1.165) is 59.5 Å². The molecule has 4 aromatic rings. The van der Waals surface area contributed by atoms with Crippen LogP contribution in [0, 0.1) is 5.82 Å². The molecule has 2 heterocycles. The van der Waals surface area contributed by atoms with Crippen molar-refractivity contribution in [2.24, 2.45) is 0 Å². The molecule has 31 heavy (non-hydrogen) atoms. The number of hydrogen-bond acceptors (Lipinski definition) is 3. The van der Waals surface area contributed by atoms with E-state index >= 15 is 0 Å². The van der Waals surface area contributed by atoms with Gasteiger partial charge in [-0.2, -0.15) is 0 Å². The summed E-state index contributed by atoms with van der Waals surface area (Å²) in [5, 5.41) is 1.10. The zero-order chi connectivity index (χ0) is 21.2. The van der Waals surface area contributed by atoms with Crippen molar-refractivity contribution in [3.63, 3.8) is 0 Å². The second-order valence-corrected chi connectivity index (χ2v) is 8.09. The van der Waals surface area contributed by atoms with Crippen LogP contribution in [0.2, 0.25) is 0 Å². The van der Waals surface area contributed by atoms with Crippen LogP contribution in [0.25, 0.3) is 22.0 Å². The van der Waals surface area contributed by atoms with Gasteiger partial charge >= 0.3 is 0 Å². The van der Waals surface area contributed by atoms with Gasteiger partial charge in [-0.05, 0) is 66.3 Å². The average Bonchev–Trinajstić information content (AvgIpc) is 2.84. The van der Waals surface area contributed by atoms with Gasteiger partial charge in [0.2, 0.25) is 0 Å². The topological polar surface area (TPSA) is 25.4 Å². The number of aromatic nitrogens is 1. The van der Waals surface area contributed by atoms with Crippen LogP contribution < -0.4 is 9.64 Å². The summed E-state index contributed by atoms with van der Waals surface area (Å²) in [4.78, 5) is 7.41. The molecule has 0 bridgehead atoms. The van der Waals surface area contributed by atoms with Gasteiger partial charge in [0.05, 0.1) is 12.6 Å². The van der Waals surface area contributed by atoms with Crippen LogP contribution >= 0.6 is 0 Å². The summed E-state index contributed by atoms with van der Waals surface area (Å²) in [5.74, 6) is 2.19. The molecule has 1 aliphatic rings. The Bertz CT molecular complexity index is 1180. The van der Waals surface area contributed by atoms with E-state index in [1.165, 1.54) is 17.7 Å². The predicted molar refractivity (Wildman–Crippen MR) is 124 cm³/mol. The number of benzene rings is 3. The van der Waals surface area contributed by atoms with Gasteiger partial charge in [-0.25, -0.2) is 9.37 Å². The number of anilines is 1. The molecule has 1 fully saturated rings. The van der Waals surface area contributed by atoms with E-state index in [0.29, 0.717) is 5.92 Å². The Morgan fingerprint density at radius 3 is 2.32 bits per heavy atom. The fraction of sp³-hybridized carbons (Fsp3) is 0.222. The third kappa shape index (κ3) is 3.98. The van der Waals surface area contributed by atoms with Crippen LogP contribution in [0.4, 0.5) is 10.2 Å². The Morgan fingerprint density at radius 2 is 1.61 bits per heavy atom. The van der Waals surface area contributed by atoms with Crippen LogP contribution in [0.3, 0.4) is 0 Å². The molecule has 3 nitrogen and oxygen atoms in total. The number of methoxy groups -OCH3 is 1. The molecule has 1 aliphatic heterocycles. The lowest BCUT2D eigenvalue weighted by molar-refractivity contribution is 0.414. The highest BCUT2D eigenvalue weighted by Gasteiger charge is 2.24. The van der Waals surface area contributed by atoms with Gasteiger partial charge in [-0.15, -0.1) is 0 Å². The highest BCUT2D eigenvalue weighted by molar-refractivity contribution is 5.89. The maximum atomic E-state index is 13.5. The van der Waals surface area contributed by atoms with E-state index < -0.39 is 0 Å². The first-order valence-electron chi connectivity index (χ1n) is 10.8. The lowest BCUT2D eigenvalue weighted by Crippen LogP contribution is -2.33. The molecule has 0 unspecified atom stereocenters. The minimum absolute atomic E-state index is 0.223. The summed E-state index contributed by atoms with van der Waals surface area (Å²) < 4.78 is 18.8. The molecule has 0 saturated carbocycles. The van der Waals surface area contributed by atoms with Gasteiger partial charge in [0, 0.05) is 24.0 Å². The molecule has 0 amide bonds. The monoisotopic (exact) mass is 412 g/mol. The quantitative estimate of drug-likeness (QED) is 0.386. The number of fused-ring (bicyclic) bond motifs is 1. The summed E-state index contributed by atoms with van der Waals surface area (Å²) in [7, 11) is 1.70. The standard InChI is InChI=1S/C27H25FN2O/c1-31-24-12-8-19(9-13-24)20-14-16-30(17-15-20)27-25(21-6-10-23(28)11-7-21)18-22-4-2-3-5-26(22)29-27/h2-13,18,20H,14-17H2,1H3. The molecular formula is C27H25FN2O. The number of hydrogen-bond donors (Lipinski definition) is 0. The van der Waals surface area contributed by atoms with Crippen molar-refractivity contribution >= 4 is 16.7 Å². The fourth-order valence-corrected chi connectivity index (χ4v) is 4.49. The molecule has 1 saturated heterocycles. The maximum Gasteiger partial charge on any atom is 0.137 e. The van der Waals surface area contributed by atoms with Crippen LogP contribution in [0.5, 0.6) is 5.75 Å². The molecule has 3 aromatic carbocycles. The van der Waals surface area contributed by atoms with Gasteiger partial charge < -0.3 is 9.64 Å². The molecule has 0 spiro atoms. The third-order valence-corrected chi connectivity index (χ3v) is 6.24. The van der Waals surface area contributed by atoms with Gasteiger partial charge in [0.1, 0.15) is 17.4 Å². The number of pyridine rings is 1. The number of nitrogens with zero attached hydrogens (tertiary/aromatic N) is 2. The second kappa shape index (κ2) is 8.38. The van der Waals surface area contributed by atoms with Gasteiger partial charge in [-0.3, -0.25) is 0 Å². The lowest BCUT2D eigenvalue weighted by Gasteiger charge is -2.34. The Kier molecular flexibility index (Phi) is 5.29. The van der Waals surface area contributed by atoms with E-state index in [1.807, 2.05) is 36.4 Å². The van der Waals surface area contributed by atoms with Crippen LogP contribution in [0.15, 0.2) is 78.9 Å². The molecule has 0 atom stereocenters. The van der Waals surface area contributed by atoms with Crippen molar-refractivity contribution in [2.75, 3.05) is 25.1 Å². The smallest absolute Gasteiger partial charge is 0.137 e. The van der Waals surface area contributed by atoms with Gasteiger partial charge in [0.15, 0.2) is 0 Å². The highest BCUT2D eigenvalue weighted by Crippen LogP contribution is 2.36. The Balaban J connectivity index is 1.45.